The van der Waals surface area contributed by atoms with Gasteiger partial charge in [-0.2, -0.15) is 0 Å². The molecule has 0 aromatic heterocycles. The molecule has 0 saturated carbocycles. The van der Waals surface area contributed by atoms with Crippen LogP contribution in [-0.4, -0.2) is 26.7 Å². The fraction of sp³-hybridized carbons (Fsp3) is 0.350. The van der Waals surface area contributed by atoms with E-state index in [1.54, 1.807) is 26.3 Å². The van der Waals surface area contributed by atoms with Crippen molar-refractivity contribution >= 4 is 29.9 Å². The first-order valence-electron chi connectivity index (χ1n) is 8.65. The minimum absolute atomic E-state index is 0. The van der Waals surface area contributed by atoms with Crippen molar-refractivity contribution in [2.24, 2.45) is 4.99 Å². The predicted octanol–water partition coefficient (Wildman–Crippen LogP) is 4.11. The van der Waals surface area contributed by atoms with E-state index in [1.165, 1.54) is 6.07 Å². The van der Waals surface area contributed by atoms with Crippen molar-refractivity contribution in [1.82, 2.24) is 10.6 Å². The second kappa shape index (κ2) is 12.4. The number of aliphatic imine (C=N–C) groups is 1. The second-order valence-electron chi connectivity index (χ2n) is 5.70. The summed E-state index contributed by atoms with van der Waals surface area (Å²) >= 11 is 0. The third-order valence-electron chi connectivity index (χ3n) is 3.78. The number of guanidine groups is 1. The molecule has 0 fully saturated rings. The van der Waals surface area contributed by atoms with Crippen molar-refractivity contribution in [2.45, 2.75) is 26.4 Å². The summed E-state index contributed by atoms with van der Waals surface area (Å²) in [5.41, 5.74) is 1.62. The first-order chi connectivity index (χ1) is 12.7. The monoisotopic (exact) mass is 487 g/mol. The van der Waals surface area contributed by atoms with Gasteiger partial charge >= 0.3 is 0 Å². The van der Waals surface area contributed by atoms with Crippen LogP contribution in [0, 0.1) is 5.82 Å². The van der Waals surface area contributed by atoms with E-state index in [1.807, 2.05) is 24.3 Å². The van der Waals surface area contributed by atoms with Crippen LogP contribution in [0.4, 0.5) is 4.39 Å². The number of methoxy groups -OCH3 is 1. The van der Waals surface area contributed by atoms with Crippen LogP contribution in [0.25, 0.3) is 0 Å². The Labute approximate surface area is 177 Å². The smallest absolute Gasteiger partial charge is 0.191 e. The lowest BCUT2D eigenvalue weighted by Crippen LogP contribution is -2.36. The molecule has 0 spiro atoms. The van der Waals surface area contributed by atoms with Gasteiger partial charge in [-0.15, -0.1) is 24.0 Å². The van der Waals surface area contributed by atoms with Crippen LogP contribution in [0.3, 0.4) is 0 Å². The lowest BCUT2D eigenvalue weighted by atomic mass is 10.2. The maximum Gasteiger partial charge on any atom is 0.191 e. The fourth-order valence-electron chi connectivity index (χ4n) is 2.38. The summed E-state index contributed by atoms with van der Waals surface area (Å²) in [6.45, 7) is 3.63. The number of hydrogen-bond acceptors (Lipinski definition) is 3. The quantitative estimate of drug-likeness (QED) is 0.335. The van der Waals surface area contributed by atoms with Crippen molar-refractivity contribution in [1.29, 1.82) is 0 Å². The van der Waals surface area contributed by atoms with Crippen LogP contribution in [0.1, 0.15) is 24.5 Å². The Balaban J connectivity index is 0.00000364. The van der Waals surface area contributed by atoms with Crippen molar-refractivity contribution < 1.29 is 13.9 Å². The first-order valence-corrected chi connectivity index (χ1v) is 8.65. The zero-order valence-corrected chi connectivity index (χ0v) is 18.3. The number of benzene rings is 2. The average Bonchev–Trinajstić information content (AvgIpc) is 2.68. The Morgan fingerprint density at radius 2 is 1.81 bits per heavy atom. The number of nitrogens with one attached hydrogen (secondary N) is 2. The molecule has 0 aliphatic heterocycles. The molecule has 7 heteroatoms. The largest absolute Gasteiger partial charge is 0.493 e. The van der Waals surface area contributed by atoms with Gasteiger partial charge < -0.3 is 20.1 Å². The zero-order chi connectivity index (χ0) is 18.8. The first kappa shape index (κ1) is 23.0. The van der Waals surface area contributed by atoms with Crippen molar-refractivity contribution in [3.8, 4) is 11.5 Å². The third-order valence-corrected chi connectivity index (χ3v) is 3.78. The highest BCUT2D eigenvalue weighted by Gasteiger charge is 2.07. The Bertz CT molecular complexity index is 741. The van der Waals surface area contributed by atoms with Gasteiger partial charge in [-0.1, -0.05) is 31.2 Å². The van der Waals surface area contributed by atoms with E-state index in [0.29, 0.717) is 37.0 Å². The summed E-state index contributed by atoms with van der Waals surface area (Å²) in [4.78, 5) is 4.16. The number of ether oxygens (including phenoxy) is 2. The number of nitrogens with zero attached hydrogens (tertiary/aromatic N) is 1. The summed E-state index contributed by atoms with van der Waals surface area (Å²) in [7, 11) is 3.30. The van der Waals surface area contributed by atoms with Gasteiger partial charge in [0.05, 0.1) is 13.7 Å². The molecule has 0 radical (unpaired) electrons. The average molecular weight is 487 g/mol. The maximum absolute atomic E-state index is 13.7. The van der Waals surface area contributed by atoms with Crippen molar-refractivity contribution in [3.05, 3.63) is 59.4 Å². The molecule has 0 aliphatic rings. The topological polar surface area (TPSA) is 54.9 Å². The van der Waals surface area contributed by atoms with Crippen LogP contribution >= 0.6 is 24.0 Å². The summed E-state index contributed by atoms with van der Waals surface area (Å²) in [5, 5.41) is 6.32. The maximum atomic E-state index is 13.7. The van der Waals surface area contributed by atoms with Gasteiger partial charge in [0.2, 0.25) is 0 Å². The van der Waals surface area contributed by atoms with Gasteiger partial charge in [0.25, 0.3) is 0 Å². The van der Waals surface area contributed by atoms with Crippen LogP contribution in [0.5, 0.6) is 11.5 Å². The molecule has 0 unspecified atom stereocenters. The Hall–Kier alpha value is -2.03. The molecule has 2 rings (SSSR count). The minimum atomic E-state index is -0.233. The standard InChI is InChI=1S/C20H26FN3O2.HI/c1-4-11-26-18-10-9-15(12-19(18)25-3)13-23-20(22-2)24-14-16-7-5-6-8-17(16)21;/h5-10,12H,4,11,13-14H2,1-3H3,(H2,22,23,24);1H. The molecule has 2 aromatic carbocycles. The molecular weight excluding hydrogens is 460 g/mol. The highest BCUT2D eigenvalue weighted by atomic mass is 127. The lowest BCUT2D eigenvalue weighted by Gasteiger charge is -2.14. The molecule has 0 atom stereocenters. The zero-order valence-electron chi connectivity index (χ0n) is 15.9. The molecule has 2 N–H and O–H groups in total. The van der Waals surface area contributed by atoms with E-state index in [2.05, 4.69) is 22.5 Å². The highest BCUT2D eigenvalue weighted by Crippen LogP contribution is 2.28. The fourth-order valence-corrected chi connectivity index (χ4v) is 2.38. The van der Waals surface area contributed by atoms with Gasteiger partial charge in [-0.25, -0.2) is 4.39 Å². The van der Waals surface area contributed by atoms with Crippen LogP contribution < -0.4 is 20.1 Å². The molecule has 27 heavy (non-hydrogen) atoms. The van der Waals surface area contributed by atoms with Crippen LogP contribution in [-0.2, 0) is 13.1 Å². The van der Waals surface area contributed by atoms with E-state index < -0.39 is 0 Å². The number of hydrogen-bond donors (Lipinski definition) is 2. The van der Waals surface area contributed by atoms with E-state index in [-0.39, 0.29) is 29.8 Å². The Kier molecular flexibility index (Phi) is 10.5. The number of halogens is 2. The van der Waals surface area contributed by atoms with E-state index in [9.17, 15) is 4.39 Å². The highest BCUT2D eigenvalue weighted by molar-refractivity contribution is 14.0. The molecule has 0 bridgehead atoms. The van der Waals surface area contributed by atoms with Gasteiger partial charge in [-0.3, -0.25) is 4.99 Å². The lowest BCUT2D eigenvalue weighted by molar-refractivity contribution is 0.294. The molecule has 0 amide bonds. The number of rotatable bonds is 8. The van der Waals surface area contributed by atoms with Gasteiger partial charge in [0, 0.05) is 25.7 Å². The molecular formula is C20H27FIN3O2. The Morgan fingerprint density at radius 1 is 1.07 bits per heavy atom. The second-order valence-corrected chi connectivity index (χ2v) is 5.70. The van der Waals surface area contributed by atoms with Crippen molar-refractivity contribution in [2.75, 3.05) is 20.8 Å². The van der Waals surface area contributed by atoms with Gasteiger partial charge in [0.15, 0.2) is 17.5 Å². The van der Waals surface area contributed by atoms with E-state index in [4.69, 9.17) is 9.47 Å². The summed E-state index contributed by atoms with van der Waals surface area (Å²) < 4.78 is 24.7. The summed E-state index contributed by atoms with van der Waals surface area (Å²) in [5.74, 6) is 1.80. The minimum Gasteiger partial charge on any atom is -0.493 e. The van der Waals surface area contributed by atoms with Gasteiger partial charge in [0.1, 0.15) is 5.82 Å². The molecule has 5 nitrogen and oxygen atoms in total. The third kappa shape index (κ3) is 7.24. The SMILES string of the molecule is CCCOc1ccc(CNC(=NC)NCc2ccccc2F)cc1OC.I. The van der Waals surface area contributed by atoms with Crippen LogP contribution in [0.2, 0.25) is 0 Å². The Morgan fingerprint density at radius 3 is 2.48 bits per heavy atom. The van der Waals surface area contributed by atoms with E-state index >= 15 is 0 Å². The molecule has 0 saturated heterocycles. The predicted molar refractivity (Wildman–Crippen MR) is 118 cm³/mol. The molecule has 2 aromatic rings. The van der Waals surface area contributed by atoms with Crippen LogP contribution in [0.15, 0.2) is 47.5 Å². The summed E-state index contributed by atoms with van der Waals surface area (Å²) in [6.07, 6.45) is 0.941. The molecule has 148 valence electrons. The summed E-state index contributed by atoms with van der Waals surface area (Å²) in [6, 6.07) is 12.5. The molecule has 0 heterocycles. The van der Waals surface area contributed by atoms with E-state index in [0.717, 1.165) is 17.7 Å². The normalized spacial score (nSPS) is 10.7. The van der Waals surface area contributed by atoms with Crippen molar-refractivity contribution in [3.63, 3.8) is 0 Å². The molecule has 0 aliphatic carbocycles. The van der Waals surface area contributed by atoms with Gasteiger partial charge in [-0.05, 0) is 30.2 Å².